The summed E-state index contributed by atoms with van der Waals surface area (Å²) in [5.74, 6) is -0.255. The van der Waals surface area contributed by atoms with E-state index in [0.717, 1.165) is 30.0 Å². The van der Waals surface area contributed by atoms with Crippen molar-refractivity contribution in [3.63, 3.8) is 0 Å². The lowest BCUT2D eigenvalue weighted by Gasteiger charge is -2.30. The molecule has 0 fully saturated rings. The van der Waals surface area contributed by atoms with Crippen LogP contribution in [0, 0.1) is 6.92 Å². The second-order valence-corrected chi connectivity index (χ2v) is 7.26. The molecular weight excluding hydrogens is 322 g/mol. The van der Waals surface area contributed by atoms with Crippen molar-refractivity contribution in [3.8, 4) is 0 Å². The number of hydrogen-bond acceptors (Lipinski definition) is 4. The second kappa shape index (κ2) is 6.73. The molecule has 0 spiro atoms. The quantitative estimate of drug-likeness (QED) is 0.932. The Hall–Kier alpha value is -2.21. The Balaban J connectivity index is 1.87. The summed E-state index contributed by atoms with van der Waals surface area (Å²) in [5.41, 5.74) is 2.16. The number of amides is 2. The number of nitrogens with one attached hydrogen (secondary N) is 1. The lowest BCUT2D eigenvalue weighted by molar-refractivity contribution is 0.0718. The standard InChI is InChI=1S/C18H21N3O2S/c1-11-20-14-8-5-9-15(16(14)24-11)21(3)18(23)13-7-4-6-12(10-13)17(22)19-2/h4,6-7,10,15H,5,8-9H2,1-3H3,(H,19,22). The summed E-state index contributed by atoms with van der Waals surface area (Å²) in [4.78, 5) is 32.3. The van der Waals surface area contributed by atoms with Crippen LogP contribution in [0.15, 0.2) is 24.3 Å². The monoisotopic (exact) mass is 343 g/mol. The van der Waals surface area contributed by atoms with E-state index in [-0.39, 0.29) is 17.9 Å². The second-order valence-electron chi connectivity index (χ2n) is 6.03. The maximum atomic E-state index is 12.9. The van der Waals surface area contributed by atoms with Crippen molar-refractivity contribution < 1.29 is 9.59 Å². The zero-order valence-electron chi connectivity index (χ0n) is 14.1. The fourth-order valence-corrected chi connectivity index (χ4v) is 4.32. The van der Waals surface area contributed by atoms with E-state index in [1.54, 1.807) is 47.5 Å². The van der Waals surface area contributed by atoms with Crippen molar-refractivity contribution in [2.75, 3.05) is 14.1 Å². The predicted molar refractivity (Wildman–Crippen MR) is 94.5 cm³/mol. The van der Waals surface area contributed by atoms with Crippen LogP contribution in [0.1, 0.15) is 55.2 Å². The van der Waals surface area contributed by atoms with Crippen LogP contribution in [0.5, 0.6) is 0 Å². The summed E-state index contributed by atoms with van der Waals surface area (Å²) in [6.45, 7) is 2.01. The minimum Gasteiger partial charge on any atom is -0.355 e. The lowest BCUT2D eigenvalue weighted by atomic mass is 9.96. The highest BCUT2D eigenvalue weighted by atomic mass is 32.1. The van der Waals surface area contributed by atoms with Gasteiger partial charge in [0.05, 0.1) is 21.6 Å². The average Bonchev–Trinajstić information content (AvgIpc) is 2.99. The van der Waals surface area contributed by atoms with Crippen LogP contribution >= 0.6 is 11.3 Å². The fourth-order valence-electron chi connectivity index (χ4n) is 3.17. The summed E-state index contributed by atoms with van der Waals surface area (Å²) in [5, 5.41) is 3.64. The van der Waals surface area contributed by atoms with E-state index >= 15 is 0 Å². The van der Waals surface area contributed by atoms with Gasteiger partial charge in [-0.05, 0) is 44.4 Å². The SMILES string of the molecule is CNC(=O)c1cccc(C(=O)N(C)C2CCCc3nc(C)sc32)c1. The lowest BCUT2D eigenvalue weighted by Crippen LogP contribution is -2.33. The number of fused-ring (bicyclic) bond motifs is 1. The van der Waals surface area contributed by atoms with Crippen molar-refractivity contribution in [2.45, 2.75) is 32.2 Å². The molecule has 0 aliphatic heterocycles. The van der Waals surface area contributed by atoms with E-state index in [0.29, 0.717) is 11.1 Å². The Labute approximate surface area is 145 Å². The first-order valence-electron chi connectivity index (χ1n) is 8.06. The Morgan fingerprint density at radius 1 is 1.33 bits per heavy atom. The van der Waals surface area contributed by atoms with E-state index in [1.165, 1.54) is 4.88 Å². The van der Waals surface area contributed by atoms with Gasteiger partial charge in [-0.2, -0.15) is 0 Å². The average molecular weight is 343 g/mol. The third-order valence-corrected chi connectivity index (χ3v) is 5.53. The van der Waals surface area contributed by atoms with Gasteiger partial charge in [-0.1, -0.05) is 6.07 Å². The zero-order valence-corrected chi connectivity index (χ0v) is 14.9. The molecule has 24 heavy (non-hydrogen) atoms. The molecule has 0 radical (unpaired) electrons. The molecule has 1 aromatic heterocycles. The van der Waals surface area contributed by atoms with Gasteiger partial charge in [-0.15, -0.1) is 11.3 Å². The minimum absolute atomic E-state index is 0.0651. The number of nitrogens with zero attached hydrogens (tertiary/aromatic N) is 2. The highest BCUT2D eigenvalue weighted by Crippen LogP contribution is 2.37. The van der Waals surface area contributed by atoms with Crippen molar-refractivity contribution in [2.24, 2.45) is 0 Å². The van der Waals surface area contributed by atoms with E-state index in [4.69, 9.17) is 0 Å². The zero-order chi connectivity index (χ0) is 17.3. The molecular formula is C18H21N3O2S. The molecule has 126 valence electrons. The summed E-state index contributed by atoms with van der Waals surface area (Å²) >= 11 is 1.68. The molecule has 1 aliphatic rings. The molecule has 0 bridgehead atoms. The smallest absolute Gasteiger partial charge is 0.254 e. The maximum absolute atomic E-state index is 12.9. The number of carbonyl (C=O) groups is 2. The normalized spacial score (nSPS) is 16.4. The van der Waals surface area contributed by atoms with Gasteiger partial charge in [-0.3, -0.25) is 9.59 Å². The Bertz CT molecular complexity index is 784. The van der Waals surface area contributed by atoms with Gasteiger partial charge < -0.3 is 10.2 Å². The van der Waals surface area contributed by atoms with Crippen LogP contribution in [0.25, 0.3) is 0 Å². The van der Waals surface area contributed by atoms with Crippen LogP contribution in [0.3, 0.4) is 0 Å². The third kappa shape index (κ3) is 3.06. The Morgan fingerprint density at radius 2 is 2.08 bits per heavy atom. The molecule has 1 N–H and O–H groups in total. The summed E-state index contributed by atoms with van der Waals surface area (Å²) in [6.07, 6.45) is 2.98. The van der Waals surface area contributed by atoms with Crippen LogP contribution in [0.4, 0.5) is 0 Å². The van der Waals surface area contributed by atoms with E-state index in [2.05, 4.69) is 10.3 Å². The Kier molecular flexibility index (Phi) is 4.66. The molecule has 1 heterocycles. The van der Waals surface area contributed by atoms with Crippen LogP contribution in [0.2, 0.25) is 0 Å². The first kappa shape index (κ1) is 16.6. The minimum atomic E-state index is -0.190. The number of benzene rings is 1. The van der Waals surface area contributed by atoms with E-state index in [1.807, 2.05) is 14.0 Å². The van der Waals surface area contributed by atoms with Gasteiger partial charge in [0, 0.05) is 25.2 Å². The predicted octanol–water partition coefficient (Wildman–Crippen LogP) is 2.96. The summed E-state index contributed by atoms with van der Waals surface area (Å²) < 4.78 is 0. The van der Waals surface area contributed by atoms with Crippen molar-refractivity contribution >= 4 is 23.2 Å². The van der Waals surface area contributed by atoms with Gasteiger partial charge in [0.15, 0.2) is 0 Å². The molecule has 1 unspecified atom stereocenters. The molecule has 1 atom stereocenters. The summed E-state index contributed by atoms with van der Waals surface area (Å²) in [6, 6.07) is 6.93. The number of rotatable bonds is 3. The van der Waals surface area contributed by atoms with Gasteiger partial charge >= 0.3 is 0 Å². The maximum Gasteiger partial charge on any atom is 0.254 e. The summed E-state index contributed by atoms with van der Waals surface area (Å²) in [7, 11) is 3.42. The molecule has 6 heteroatoms. The molecule has 0 saturated carbocycles. The number of thiazole rings is 1. The van der Waals surface area contributed by atoms with Crippen molar-refractivity contribution in [1.82, 2.24) is 15.2 Å². The van der Waals surface area contributed by atoms with E-state index < -0.39 is 0 Å². The number of aromatic nitrogens is 1. The fraction of sp³-hybridized carbons (Fsp3) is 0.389. The molecule has 0 saturated heterocycles. The van der Waals surface area contributed by atoms with Crippen LogP contribution in [-0.4, -0.2) is 35.8 Å². The molecule has 2 aromatic rings. The number of carbonyl (C=O) groups excluding carboxylic acids is 2. The van der Waals surface area contributed by atoms with Gasteiger partial charge in [0.2, 0.25) is 0 Å². The highest BCUT2D eigenvalue weighted by molar-refractivity contribution is 7.11. The van der Waals surface area contributed by atoms with E-state index in [9.17, 15) is 9.59 Å². The number of aryl methyl sites for hydroxylation is 2. The molecule has 5 nitrogen and oxygen atoms in total. The van der Waals surface area contributed by atoms with Crippen molar-refractivity contribution in [1.29, 1.82) is 0 Å². The highest BCUT2D eigenvalue weighted by Gasteiger charge is 2.30. The van der Waals surface area contributed by atoms with Crippen molar-refractivity contribution in [3.05, 3.63) is 51.0 Å². The van der Waals surface area contributed by atoms with Gasteiger partial charge in [0.25, 0.3) is 11.8 Å². The number of hydrogen-bond donors (Lipinski definition) is 1. The van der Waals surface area contributed by atoms with Gasteiger partial charge in [0.1, 0.15) is 0 Å². The topological polar surface area (TPSA) is 62.3 Å². The molecule has 1 aliphatic carbocycles. The van der Waals surface area contributed by atoms with Gasteiger partial charge in [-0.25, -0.2) is 4.98 Å². The largest absolute Gasteiger partial charge is 0.355 e. The first-order valence-corrected chi connectivity index (χ1v) is 8.88. The molecule has 1 aromatic carbocycles. The molecule has 3 rings (SSSR count). The molecule has 2 amide bonds. The Morgan fingerprint density at radius 3 is 2.83 bits per heavy atom. The first-order chi connectivity index (χ1) is 11.5. The van der Waals surface area contributed by atoms with Crippen LogP contribution in [-0.2, 0) is 6.42 Å². The third-order valence-electron chi connectivity index (χ3n) is 4.41. The van der Waals surface area contributed by atoms with Crippen LogP contribution < -0.4 is 5.32 Å².